The molecule has 0 saturated carbocycles. The Morgan fingerprint density at radius 2 is 2.16 bits per heavy atom. The number of carbonyl (C=O) groups excluding carboxylic acids is 1. The van der Waals surface area contributed by atoms with Crippen LogP contribution in [-0.2, 0) is 4.79 Å². The number of allylic oxidation sites excluding steroid dienone is 3. The van der Waals surface area contributed by atoms with Crippen molar-refractivity contribution >= 4 is 23.5 Å². The van der Waals surface area contributed by atoms with Crippen LogP contribution >= 0.6 is 0 Å². The van der Waals surface area contributed by atoms with Crippen LogP contribution in [0.2, 0.25) is 0 Å². The van der Waals surface area contributed by atoms with Gasteiger partial charge in [0.25, 0.3) is 5.91 Å². The topological polar surface area (TPSA) is 74.8 Å². The van der Waals surface area contributed by atoms with Crippen LogP contribution < -0.4 is 4.74 Å². The second-order valence-electron chi connectivity index (χ2n) is 5.59. The van der Waals surface area contributed by atoms with E-state index >= 15 is 0 Å². The molecule has 25 heavy (non-hydrogen) atoms. The summed E-state index contributed by atoms with van der Waals surface area (Å²) in [4.78, 5) is 20.6. The molecule has 0 aromatic heterocycles. The number of fused-ring (bicyclic) bond motifs is 1. The van der Waals surface area contributed by atoms with Crippen molar-refractivity contribution in [1.29, 1.82) is 5.26 Å². The number of nitriles is 1. The summed E-state index contributed by atoms with van der Waals surface area (Å²) in [7, 11) is 0. The van der Waals surface area contributed by atoms with E-state index in [2.05, 4.69) is 16.1 Å². The molecule has 1 aliphatic carbocycles. The summed E-state index contributed by atoms with van der Waals surface area (Å²) in [6, 6.07) is 9.54. The molecule has 0 saturated heterocycles. The molecule has 3 rings (SSSR count). The van der Waals surface area contributed by atoms with Crippen molar-refractivity contribution in [3.8, 4) is 11.8 Å². The first kappa shape index (κ1) is 16.6. The first-order valence-electron chi connectivity index (χ1n) is 8.13. The number of amides is 1. The third-order valence-electron chi connectivity index (χ3n) is 3.76. The summed E-state index contributed by atoms with van der Waals surface area (Å²) in [6.07, 6.45) is 9.68. The van der Waals surface area contributed by atoms with Gasteiger partial charge in [0.2, 0.25) is 0 Å². The van der Waals surface area contributed by atoms with Crippen LogP contribution in [0.15, 0.2) is 64.1 Å². The second-order valence-corrected chi connectivity index (χ2v) is 5.59. The number of para-hydroxylation sites is 1. The van der Waals surface area contributed by atoms with Crippen LogP contribution in [0.4, 0.5) is 0 Å². The van der Waals surface area contributed by atoms with Crippen molar-refractivity contribution in [2.75, 3.05) is 6.61 Å². The van der Waals surface area contributed by atoms with Gasteiger partial charge >= 0.3 is 0 Å². The Morgan fingerprint density at radius 1 is 1.32 bits per heavy atom. The molecule has 0 N–H and O–H groups in total. The smallest absolute Gasteiger partial charge is 0.260 e. The zero-order valence-corrected chi connectivity index (χ0v) is 13.8. The molecular weight excluding hydrogens is 314 g/mol. The van der Waals surface area contributed by atoms with E-state index in [0.717, 1.165) is 12.0 Å². The maximum absolute atomic E-state index is 12.2. The standard InChI is InChI=1S/C20H17N3O2/c1-2-11-25-18-10-6-3-7-14(18)12-15(13-21)19-22-17-9-5-4-8-16(17)20(24)23-19/h3-10,12,16H,2,11H2,1H3/b15-12-. The van der Waals surface area contributed by atoms with Gasteiger partial charge in [-0.3, -0.25) is 4.79 Å². The molecule has 5 nitrogen and oxygen atoms in total. The molecule has 0 fully saturated rings. The van der Waals surface area contributed by atoms with Gasteiger partial charge in [0, 0.05) is 5.56 Å². The third kappa shape index (κ3) is 3.64. The van der Waals surface area contributed by atoms with Gasteiger partial charge in [-0.25, -0.2) is 4.99 Å². The number of carbonyl (C=O) groups is 1. The molecule has 1 aromatic carbocycles. The molecule has 0 radical (unpaired) electrons. The highest BCUT2D eigenvalue weighted by molar-refractivity contribution is 6.26. The SMILES string of the molecule is CCCOc1ccccc1/C=C(/C#N)C1=NC(=O)C2C=CC=CC2=N1. The van der Waals surface area contributed by atoms with Gasteiger partial charge < -0.3 is 4.74 Å². The van der Waals surface area contributed by atoms with Crippen molar-refractivity contribution in [2.45, 2.75) is 13.3 Å². The van der Waals surface area contributed by atoms with Crippen LogP contribution in [0.1, 0.15) is 18.9 Å². The van der Waals surface area contributed by atoms with E-state index in [9.17, 15) is 10.1 Å². The van der Waals surface area contributed by atoms with Gasteiger partial charge in [-0.2, -0.15) is 10.3 Å². The molecule has 0 bridgehead atoms. The highest BCUT2D eigenvalue weighted by Gasteiger charge is 2.27. The zero-order chi connectivity index (χ0) is 17.6. The Bertz CT molecular complexity index is 882. The van der Waals surface area contributed by atoms with Crippen molar-refractivity contribution < 1.29 is 9.53 Å². The average Bonchev–Trinajstić information content (AvgIpc) is 2.65. The quantitative estimate of drug-likeness (QED) is 0.775. The van der Waals surface area contributed by atoms with E-state index < -0.39 is 5.92 Å². The lowest BCUT2D eigenvalue weighted by molar-refractivity contribution is -0.118. The normalized spacial score (nSPS) is 19.0. The maximum atomic E-state index is 12.2. The molecule has 1 aromatic rings. The Hall–Kier alpha value is -3.26. The van der Waals surface area contributed by atoms with E-state index in [4.69, 9.17) is 4.74 Å². The largest absolute Gasteiger partial charge is 0.493 e. The molecule has 2 aliphatic rings. The zero-order valence-electron chi connectivity index (χ0n) is 13.8. The number of amidine groups is 1. The molecule has 1 aliphatic heterocycles. The minimum absolute atomic E-state index is 0.143. The number of aliphatic imine (C=N–C) groups is 2. The van der Waals surface area contributed by atoms with Crippen LogP contribution in [0.3, 0.4) is 0 Å². The molecule has 1 unspecified atom stereocenters. The first-order chi connectivity index (χ1) is 12.2. The van der Waals surface area contributed by atoms with E-state index in [1.807, 2.05) is 37.3 Å². The van der Waals surface area contributed by atoms with Crippen molar-refractivity contribution in [3.05, 3.63) is 59.7 Å². The average molecular weight is 331 g/mol. The van der Waals surface area contributed by atoms with Crippen LogP contribution in [0.25, 0.3) is 6.08 Å². The van der Waals surface area contributed by atoms with Gasteiger partial charge in [-0.1, -0.05) is 43.4 Å². The van der Waals surface area contributed by atoms with E-state index in [0.29, 0.717) is 18.1 Å². The number of rotatable bonds is 5. The van der Waals surface area contributed by atoms with E-state index in [1.165, 1.54) is 0 Å². The molecule has 5 heteroatoms. The van der Waals surface area contributed by atoms with Gasteiger partial charge in [0.1, 0.15) is 17.7 Å². The van der Waals surface area contributed by atoms with Gasteiger partial charge in [-0.15, -0.1) is 0 Å². The lowest BCUT2D eigenvalue weighted by Gasteiger charge is -2.17. The number of hydrogen-bond acceptors (Lipinski definition) is 4. The molecule has 1 atom stereocenters. The molecular formula is C20H17N3O2. The molecule has 1 heterocycles. The minimum atomic E-state index is -0.450. The number of ether oxygens (including phenoxy) is 1. The highest BCUT2D eigenvalue weighted by Crippen LogP contribution is 2.24. The lowest BCUT2D eigenvalue weighted by Crippen LogP contribution is -2.27. The fourth-order valence-corrected chi connectivity index (χ4v) is 2.53. The van der Waals surface area contributed by atoms with Crippen LogP contribution in [0.5, 0.6) is 5.75 Å². The Balaban J connectivity index is 1.96. The maximum Gasteiger partial charge on any atom is 0.260 e. The summed E-state index contributed by atoms with van der Waals surface area (Å²) in [5.74, 6) is 0.0704. The van der Waals surface area contributed by atoms with Gasteiger partial charge in [0.15, 0.2) is 5.84 Å². The first-order valence-corrected chi connectivity index (χ1v) is 8.13. The van der Waals surface area contributed by atoms with E-state index in [-0.39, 0.29) is 17.3 Å². The minimum Gasteiger partial charge on any atom is -0.493 e. The summed E-state index contributed by atoms with van der Waals surface area (Å²) in [5.41, 5.74) is 1.59. The van der Waals surface area contributed by atoms with Crippen LogP contribution in [-0.4, -0.2) is 24.1 Å². The summed E-state index contributed by atoms with van der Waals surface area (Å²) < 4.78 is 5.71. The van der Waals surface area contributed by atoms with Gasteiger partial charge in [0.05, 0.1) is 17.9 Å². The highest BCUT2D eigenvalue weighted by atomic mass is 16.5. The van der Waals surface area contributed by atoms with E-state index in [1.54, 1.807) is 24.3 Å². The van der Waals surface area contributed by atoms with Gasteiger partial charge in [-0.05, 0) is 24.6 Å². The van der Waals surface area contributed by atoms with Crippen molar-refractivity contribution in [2.24, 2.45) is 15.9 Å². The Morgan fingerprint density at radius 3 is 2.96 bits per heavy atom. The molecule has 0 spiro atoms. The monoisotopic (exact) mass is 331 g/mol. The number of nitrogens with zero attached hydrogens (tertiary/aromatic N) is 3. The van der Waals surface area contributed by atoms with Crippen molar-refractivity contribution in [1.82, 2.24) is 0 Å². The summed E-state index contributed by atoms with van der Waals surface area (Å²) in [6.45, 7) is 2.62. The predicted octanol–water partition coefficient (Wildman–Crippen LogP) is 3.50. The number of hydrogen-bond donors (Lipinski definition) is 0. The number of benzene rings is 1. The fraction of sp³-hybridized carbons (Fsp3) is 0.200. The molecule has 124 valence electrons. The summed E-state index contributed by atoms with van der Waals surface area (Å²) >= 11 is 0. The Kier molecular flexibility index (Phi) is 5.00. The molecule has 1 amide bonds. The Labute approximate surface area is 146 Å². The second kappa shape index (κ2) is 7.54. The summed E-state index contributed by atoms with van der Waals surface area (Å²) in [5, 5.41) is 9.54. The lowest BCUT2D eigenvalue weighted by atomic mass is 9.96. The van der Waals surface area contributed by atoms with Crippen LogP contribution in [0, 0.1) is 17.2 Å². The third-order valence-corrected chi connectivity index (χ3v) is 3.76. The predicted molar refractivity (Wildman–Crippen MR) is 97.5 cm³/mol. The fourth-order valence-electron chi connectivity index (χ4n) is 2.53. The van der Waals surface area contributed by atoms with Crippen molar-refractivity contribution in [3.63, 3.8) is 0 Å².